The van der Waals surface area contributed by atoms with Crippen LogP contribution in [-0.4, -0.2) is 69.9 Å². The highest BCUT2D eigenvalue weighted by atomic mass is 35.5. The van der Waals surface area contributed by atoms with Crippen molar-refractivity contribution >= 4 is 49.9 Å². The standard InChI is InChI=1S/C24H29ClN4O4S/c1-3-28(4-2)23(30)17-27-10-12-29(13-11-27)21-16-19(15-18-9-14-33-24(18)21)26-34(31,32)22-8-6-5-7-20(22)25/h5-9,14-16,26H,3-4,10-13,17H2,1-2H3. The number of benzene rings is 2. The van der Waals surface area contributed by atoms with E-state index in [0.29, 0.717) is 44.0 Å². The van der Waals surface area contributed by atoms with Crippen LogP contribution in [0.2, 0.25) is 5.02 Å². The monoisotopic (exact) mass is 504 g/mol. The Labute approximate surface area is 205 Å². The van der Waals surface area contributed by atoms with Gasteiger partial charge in [-0.25, -0.2) is 8.42 Å². The molecule has 182 valence electrons. The fraction of sp³-hybridized carbons (Fsp3) is 0.375. The second kappa shape index (κ2) is 10.2. The number of nitrogens with zero attached hydrogens (tertiary/aromatic N) is 3. The van der Waals surface area contributed by atoms with Gasteiger partial charge < -0.3 is 14.2 Å². The Morgan fingerprint density at radius 1 is 1.09 bits per heavy atom. The lowest BCUT2D eigenvalue weighted by atomic mass is 10.1. The largest absolute Gasteiger partial charge is 0.462 e. The Kier molecular flexibility index (Phi) is 7.35. The lowest BCUT2D eigenvalue weighted by Crippen LogP contribution is -2.50. The molecule has 4 rings (SSSR count). The van der Waals surface area contributed by atoms with E-state index in [1.54, 1.807) is 36.6 Å². The summed E-state index contributed by atoms with van der Waals surface area (Å²) in [5.41, 5.74) is 1.95. The van der Waals surface area contributed by atoms with Crippen molar-refractivity contribution in [3.63, 3.8) is 0 Å². The van der Waals surface area contributed by atoms with Gasteiger partial charge in [-0.2, -0.15) is 0 Å². The molecule has 34 heavy (non-hydrogen) atoms. The molecule has 2 aromatic carbocycles. The third kappa shape index (κ3) is 5.16. The maximum Gasteiger partial charge on any atom is 0.263 e. The number of piperazine rings is 1. The Hall–Kier alpha value is -2.75. The molecule has 0 aliphatic carbocycles. The highest BCUT2D eigenvalue weighted by Gasteiger charge is 2.24. The zero-order valence-corrected chi connectivity index (χ0v) is 20.9. The van der Waals surface area contributed by atoms with Gasteiger partial charge in [0.25, 0.3) is 10.0 Å². The third-order valence-corrected chi connectivity index (χ3v) is 7.98. The second-order valence-corrected chi connectivity index (χ2v) is 10.3. The van der Waals surface area contributed by atoms with Crippen LogP contribution in [0.5, 0.6) is 0 Å². The molecule has 3 aromatic rings. The summed E-state index contributed by atoms with van der Waals surface area (Å²) in [6, 6.07) is 11.7. The van der Waals surface area contributed by atoms with E-state index in [4.69, 9.17) is 16.0 Å². The van der Waals surface area contributed by atoms with E-state index in [2.05, 4.69) is 14.5 Å². The van der Waals surface area contributed by atoms with Gasteiger partial charge in [0, 0.05) is 44.7 Å². The number of carbonyl (C=O) groups is 1. The Morgan fingerprint density at radius 2 is 1.79 bits per heavy atom. The normalized spacial score (nSPS) is 15.0. The summed E-state index contributed by atoms with van der Waals surface area (Å²) in [5, 5.41) is 0.962. The number of likely N-dealkylation sites (N-methyl/N-ethyl adjacent to an activating group) is 1. The predicted molar refractivity (Wildman–Crippen MR) is 135 cm³/mol. The molecule has 1 aliphatic heterocycles. The minimum absolute atomic E-state index is 0.0250. The SMILES string of the molecule is CCN(CC)C(=O)CN1CCN(c2cc(NS(=O)(=O)c3ccccc3Cl)cc3ccoc23)CC1. The number of anilines is 2. The molecule has 0 bridgehead atoms. The minimum Gasteiger partial charge on any atom is -0.462 e. The lowest BCUT2D eigenvalue weighted by molar-refractivity contribution is -0.132. The van der Waals surface area contributed by atoms with Crippen LogP contribution in [0.4, 0.5) is 11.4 Å². The van der Waals surface area contributed by atoms with Crippen LogP contribution in [-0.2, 0) is 14.8 Å². The van der Waals surface area contributed by atoms with Gasteiger partial charge in [0.15, 0.2) is 5.58 Å². The molecule has 1 aromatic heterocycles. The molecule has 1 amide bonds. The molecule has 0 saturated carbocycles. The third-order valence-electron chi connectivity index (χ3n) is 6.10. The average Bonchev–Trinajstić information content (AvgIpc) is 3.28. The van der Waals surface area contributed by atoms with Gasteiger partial charge in [-0.15, -0.1) is 0 Å². The van der Waals surface area contributed by atoms with Crippen LogP contribution < -0.4 is 9.62 Å². The van der Waals surface area contributed by atoms with Gasteiger partial charge in [-0.05, 0) is 44.2 Å². The summed E-state index contributed by atoms with van der Waals surface area (Å²) in [6.07, 6.45) is 1.60. The van der Waals surface area contributed by atoms with Crippen LogP contribution in [0.15, 0.2) is 58.0 Å². The molecule has 0 radical (unpaired) electrons. The van der Waals surface area contributed by atoms with Crippen molar-refractivity contribution in [2.45, 2.75) is 18.7 Å². The van der Waals surface area contributed by atoms with Gasteiger partial charge >= 0.3 is 0 Å². The number of carbonyl (C=O) groups excluding carboxylic acids is 1. The van der Waals surface area contributed by atoms with Crippen LogP contribution in [0.25, 0.3) is 11.0 Å². The Balaban J connectivity index is 1.52. The van der Waals surface area contributed by atoms with Crippen molar-refractivity contribution in [1.82, 2.24) is 9.80 Å². The maximum atomic E-state index is 13.0. The van der Waals surface area contributed by atoms with Crippen molar-refractivity contribution in [3.05, 3.63) is 53.8 Å². The van der Waals surface area contributed by atoms with Gasteiger partial charge in [0.05, 0.1) is 29.2 Å². The van der Waals surface area contributed by atoms with E-state index >= 15 is 0 Å². The number of halogens is 1. The summed E-state index contributed by atoms with van der Waals surface area (Å²) < 4.78 is 34.3. The first-order valence-corrected chi connectivity index (χ1v) is 13.2. The van der Waals surface area contributed by atoms with E-state index in [1.807, 2.05) is 24.8 Å². The highest BCUT2D eigenvalue weighted by molar-refractivity contribution is 7.92. The summed E-state index contributed by atoms with van der Waals surface area (Å²) in [6.45, 7) is 8.65. The Morgan fingerprint density at radius 3 is 2.47 bits per heavy atom. The number of sulfonamides is 1. The van der Waals surface area contributed by atoms with Gasteiger partial charge in [-0.1, -0.05) is 23.7 Å². The first-order valence-electron chi connectivity index (χ1n) is 11.4. The summed E-state index contributed by atoms with van der Waals surface area (Å²) in [7, 11) is -3.86. The number of amides is 1. The molecule has 10 heteroatoms. The fourth-order valence-electron chi connectivity index (χ4n) is 4.24. The quantitative estimate of drug-likeness (QED) is 0.501. The van der Waals surface area contributed by atoms with Crippen molar-refractivity contribution < 1.29 is 17.6 Å². The van der Waals surface area contributed by atoms with E-state index < -0.39 is 10.0 Å². The lowest BCUT2D eigenvalue weighted by Gasteiger charge is -2.36. The number of nitrogens with one attached hydrogen (secondary N) is 1. The fourth-order valence-corrected chi connectivity index (χ4v) is 5.81. The van der Waals surface area contributed by atoms with E-state index in [0.717, 1.165) is 24.2 Å². The molecule has 2 heterocycles. The molecule has 1 aliphatic rings. The number of rotatable bonds is 8. The van der Waals surface area contributed by atoms with Crippen molar-refractivity contribution in [1.29, 1.82) is 0 Å². The highest BCUT2D eigenvalue weighted by Crippen LogP contribution is 2.34. The molecule has 1 fully saturated rings. The van der Waals surface area contributed by atoms with Gasteiger partial charge in [0.1, 0.15) is 4.90 Å². The van der Waals surface area contributed by atoms with Crippen LogP contribution >= 0.6 is 11.6 Å². The topological polar surface area (TPSA) is 86.1 Å². The van der Waals surface area contributed by atoms with E-state index in [9.17, 15) is 13.2 Å². The van der Waals surface area contributed by atoms with E-state index in [1.165, 1.54) is 6.07 Å². The van der Waals surface area contributed by atoms with Crippen molar-refractivity contribution in [2.75, 3.05) is 55.4 Å². The molecule has 0 unspecified atom stereocenters. The average molecular weight is 505 g/mol. The summed E-state index contributed by atoms with van der Waals surface area (Å²) in [5.74, 6) is 0.142. The van der Waals surface area contributed by atoms with Crippen molar-refractivity contribution in [2.24, 2.45) is 0 Å². The van der Waals surface area contributed by atoms with Gasteiger partial charge in [0.2, 0.25) is 5.91 Å². The zero-order valence-electron chi connectivity index (χ0n) is 19.3. The summed E-state index contributed by atoms with van der Waals surface area (Å²) >= 11 is 6.12. The van der Waals surface area contributed by atoms with E-state index in [-0.39, 0.29) is 15.8 Å². The Bertz CT molecular complexity index is 1260. The number of hydrogen-bond donors (Lipinski definition) is 1. The van der Waals surface area contributed by atoms with Crippen LogP contribution in [0.3, 0.4) is 0 Å². The molecule has 0 atom stereocenters. The predicted octanol–water partition coefficient (Wildman–Crippen LogP) is 3.88. The minimum atomic E-state index is -3.86. The number of hydrogen-bond acceptors (Lipinski definition) is 6. The molecular weight excluding hydrogens is 476 g/mol. The molecular formula is C24H29ClN4O4S. The smallest absolute Gasteiger partial charge is 0.263 e. The molecule has 1 N–H and O–H groups in total. The number of fused-ring (bicyclic) bond motifs is 1. The zero-order chi connectivity index (χ0) is 24.3. The molecule has 8 nitrogen and oxygen atoms in total. The number of furan rings is 1. The molecule has 1 saturated heterocycles. The van der Waals surface area contributed by atoms with Crippen LogP contribution in [0, 0.1) is 0 Å². The summed E-state index contributed by atoms with van der Waals surface area (Å²) in [4.78, 5) is 18.6. The maximum absolute atomic E-state index is 13.0. The van der Waals surface area contributed by atoms with Crippen LogP contribution in [0.1, 0.15) is 13.8 Å². The van der Waals surface area contributed by atoms with Gasteiger partial charge in [-0.3, -0.25) is 14.4 Å². The first-order chi connectivity index (χ1) is 16.3. The van der Waals surface area contributed by atoms with Crippen molar-refractivity contribution in [3.8, 4) is 0 Å². The first kappa shape index (κ1) is 24.4. The second-order valence-electron chi connectivity index (χ2n) is 8.20. The molecule has 0 spiro atoms.